The molecule has 0 radical (unpaired) electrons. The summed E-state index contributed by atoms with van der Waals surface area (Å²) in [5.41, 5.74) is 1.43. The van der Waals surface area contributed by atoms with E-state index < -0.39 is 11.6 Å². The van der Waals surface area contributed by atoms with Gasteiger partial charge in [0.05, 0.1) is 16.1 Å². The van der Waals surface area contributed by atoms with Crippen LogP contribution in [0.15, 0.2) is 36.4 Å². The maximum atomic E-state index is 13.3. The van der Waals surface area contributed by atoms with Gasteiger partial charge in [-0.25, -0.2) is 8.78 Å². The van der Waals surface area contributed by atoms with Gasteiger partial charge in [0.1, 0.15) is 0 Å². The lowest BCUT2D eigenvalue weighted by Gasteiger charge is -2.18. The molecule has 0 aliphatic carbocycles. The van der Waals surface area contributed by atoms with E-state index in [1.165, 1.54) is 12.1 Å². The van der Waals surface area contributed by atoms with Crippen LogP contribution in [0.3, 0.4) is 0 Å². The molecule has 0 aliphatic rings. The molecular formula is C14H11Cl2F2N. The number of hydrogen-bond donors (Lipinski definition) is 1. The van der Waals surface area contributed by atoms with Gasteiger partial charge in [-0.3, -0.25) is 0 Å². The minimum absolute atomic E-state index is 0.287. The zero-order chi connectivity index (χ0) is 14.0. The molecule has 0 aliphatic heterocycles. The monoisotopic (exact) mass is 301 g/mol. The van der Waals surface area contributed by atoms with Gasteiger partial charge in [0.2, 0.25) is 0 Å². The van der Waals surface area contributed by atoms with E-state index in [1.54, 1.807) is 25.2 Å². The van der Waals surface area contributed by atoms with Crippen LogP contribution >= 0.6 is 23.2 Å². The second kappa shape index (κ2) is 5.87. The van der Waals surface area contributed by atoms with Crippen LogP contribution in [0.2, 0.25) is 10.0 Å². The summed E-state index contributed by atoms with van der Waals surface area (Å²) in [6.07, 6.45) is 0. The third kappa shape index (κ3) is 3.06. The highest BCUT2D eigenvalue weighted by Crippen LogP contribution is 2.29. The maximum Gasteiger partial charge on any atom is 0.159 e. The Morgan fingerprint density at radius 3 is 2.11 bits per heavy atom. The average Bonchev–Trinajstić information content (AvgIpc) is 2.39. The molecule has 1 nitrogen and oxygen atoms in total. The lowest BCUT2D eigenvalue weighted by Crippen LogP contribution is -2.18. The van der Waals surface area contributed by atoms with Crippen LogP contribution in [0.5, 0.6) is 0 Å². The summed E-state index contributed by atoms with van der Waals surface area (Å²) in [6.45, 7) is 0. The molecule has 2 rings (SSSR count). The summed E-state index contributed by atoms with van der Waals surface area (Å²) in [5, 5.41) is 3.91. The first kappa shape index (κ1) is 14.3. The number of nitrogens with one attached hydrogen (secondary N) is 1. The van der Waals surface area contributed by atoms with Crippen molar-refractivity contribution in [1.29, 1.82) is 0 Å². The van der Waals surface area contributed by atoms with E-state index in [2.05, 4.69) is 5.32 Å². The van der Waals surface area contributed by atoms with Crippen LogP contribution < -0.4 is 5.32 Å². The van der Waals surface area contributed by atoms with Crippen molar-refractivity contribution in [3.8, 4) is 0 Å². The molecule has 1 unspecified atom stereocenters. The highest BCUT2D eigenvalue weighted by molar-refractivity contribution is 6.42. The maximum absolute atomic E-state index is 13.3. The molecule has 0 heterocycles. The Hall–Kier alpha value is -1.16. The smallest absolute Gasteiger partial charge is 0.159 e. The SMILES string of the molecule is CNC(c1ccc(F)c(F)c1)c1ccc(Cl)c(Cl)c1. The number of hydrogen-bond acceptors (Lipinski definition) is 1. The molecule has 0 spiro atoms. The van der Waals surface area contributed by atoms with Crippen molar-refractivity contribution in [2.24, 2.45) is 0 Å². The van der Waals surface area contributed by atoms with E-state index in [0.717, 1.165) is 11.6 Å². The zero-order valence-corrected chi connectivity index (χ0v) is 11.6. The number of benzene rings is 2. The Kier molecular flexibility index (Phi) is 4.40. The van der Waals surface area contributed by atoms with E-state index in [-0.39, 0.29) is 6.04 Å². The fourth-order valence-electron chi connectivity index (χ4n) is 1.91. The predicted octanol–water partition coefficient (Wildman–Crippen LogP) is 4.58. The Morgan fingerprint density at radius 1 is 0.895 bits per heavy atom. The summed E-state index contributed by atoms with van der Waals surface area (Å²) in [4.78, 5) is 0. The quantitative estimate of drug-likeness (QED) is 0.875. The first-order valence-corrected chi connectivity index (χ1v) is 6.35. The van der Waals surface area contributed by atoms with E-state index in [0.29, 0.717) is 15.6 Å². The molecular weight excluding hydrogens is 291 g/mol. The Balaban J connectivity index is 2.43. The van der Waals surface area contributed by atoms with Gasteiger partial charge >= 0.3 is 0 Å². The largest absolute Gasteiger partial charge is 0.309 e. The van der Waals surface area contributed by atoms with Crippen LogP contribution in [0.4, 0.5) is 8.78 Å². The van der Waals surface area contributed by atoms with Crippen molar-refractivity contribution in [3.63, 3.8) is 0 Å². The van der Waals surface area contributed by atoms with E-state index in [9.17, 15) is 8.78 Å². The minimum Gasteiger partial charge on any atom is -0.309 e. The van der Waals surface area contributed by atoms with E-state index in [4.69, 9.17) is 23.2 Å². The standard InChI is InChI=1S/C14H11Cl2F2N/c1-19-14(8-2-4-10(15)11(16)6-8)9-3-5-12(17)13(18)7-9/h2-7,14,19H,1H3. The zero-order valence-electron chi connectivity index (χ0n) is 10.1. The normalized spacial score (nSPS) is 12.5. The molecule has 2 aromatic rings. The van der Waals surface area contributed by atoms with Gasteiger partial charge in [-0.15, -0.1) is 0 Å². The molecule has 0 bridgehead atoms. The van der Waals surface area contributed by atoms with E-state index in [1.807, 2.05) is 0 Å². The molecule has 0 amide bonds. The fraction of sp³-hybridized carbons (Fsp3) is 0.143. The minimum atomic E-state index is -0.877. The van der Waals surface area contributed by atoms with Gasteiger partial charge in [0.15, 0.2) is 11.6 Å². The Labute approximate surface area is 120 Å². The summed E-state index contributed by atoms with van der Waals surface area (Å²) >= 11 is 11.8. The molecule has 1 atom stereocenters. The Morgan fingerprint density at radius 2 is 1.53 bits per heavy atom. The molecule has 5 heteroatoms. The van der Waals surface area contributed by atoms with Gasteiger partial charge in [-0.2, -0.15) is 0 Å². The first-order valence-electron chi connectivity index (χ1n) is 5.60. The van der Waals surface area contributed by atoms with Crippen molar-refractivity contribution in [3.05, 3.63) is 69.2 Å². The van der Waals surface area contributed by atoms with Gasteiger partial charge in [-0.1, -0.05) is 35.3 Å². The van der Waals surface area contributed by atoms with Crippen LogP contribution in [0.1, 0.15) is 17.2 Å². The summed E-state index contributed by atoms with van der Waals surface area (Å²) < 4.78 is 26.2. The average molecular weight is 302 g/mol. The van der Waals surface area contributed by atoms with Gasteiger partial charge in [0.25, 0.3) is 0 Å². The molecule has 19 heavy (non-hydrogen) atoms. The molecule has 0 saturated carbocycles. The summed E-state index contributed by atoms with van der Waals surface area (Å²) in [6, 6.07) is 8.67. The van der Waals surface area contributed by atoms with Gasteiger partial charge in [0, 0.05) is 0 Å². The summed E-state index contributed by atoms with van der Waals surface area (Å²) in [7, 11) is 1.73. The second-order valence-electron chi connectivity index (χ2n) is 4.07. The van der Waals surface area contributed by atoms with Crippen molar-refractivity contribution in [2.45, 2.75) is 6.04 Å². The fourth-order valence-corrected chi connectivity index (χ4v) is 2.22. The van der Waals surface area contributed by atoms with Gasteiger partial charge in [-0.05, 0) is 42.4 Å². The van der Waals surface area contributed by atoms with Crippen LogP contribution in [0.25, 0.3) is 0 Å². The molecule has 0 fully saturated rings. The first-order chi connectivity index (χ1) is 9.02. The third-order valence-electron chi connectivity index (χ3n) is 2.84. The highest BCUT2D eigenvalue weighted by atomic mass is 35.5. The van der Waals surface area contributed by atoms with Crippen molar-refractivity contribution in [2.75, 3.05) is 7.05 Å². The number of rotatable bonds is 3. The molecule has 0 aromatic heterocycles. The van der Waals surface area contributed by atoms with Crippen LogP contribution in [0, 0.1) is 11.6 Å². The van der Waals surface area contributed by atoms with Crippen LogP contribution in [-0.4, -0.2) is 7.05 Å². The van der Waals surface area contributed by atoms with Crippen molar-refractivity contribution in [1.82, 2.24) is 5.32 Å². The third-order valence-corrected chi connectivity index (χ3v) is 3.58. The van der Waals surface area contributed by atoms with E-state index >= 15 is 0 Å². The lowest BCUT2D eigenvalue weighted by atomic mass is 9.99. The Bertz CT molecular complexity index is 550. The molecule has 2 aromatic carbocycles. The lowest BCUT2D eigenvalue weighted by molar-refractivity contribution is 0.505. The van der Waals surface area contributed by atoms with Crippen molar-refractivity contribution >= 4 is 23.2 Å². The predicted molar refractivity (Wildman–Crippen MR) is 73.7 cm³/mol. The summed E-state index contributed by atoms with van der Waals surface area (Å²) in [5.74, 6) is -1.74. The van der Waals surface area contributed by atoms with Crippen LogP contribution in [-0.2, 0) is 0 Å². The highest BCUT2D eigenvalue weighted by Gasteiger charge is 2.15. The topological polar surface area (TPSA) is 12.0 Å². The molecule has 100 valence electrons. The second-order valence-corrected chi connectivity index (χ2v) is 4.88. The van der Waals surface area contributed by atoms with Crippen molar-refractivity contribution < 1.29 is 8.78 Å². The molecule has 1 N–H and O–H groups in total. The number of halogens is 4. The molecule has 0 saturated heterocycles. The van der Waals surface area contributed by atoms with Gasteiger partial charge < -0.3 is 5.32 Å².